The Balaban J connectivity index is 1.93. The highest BCUT2D eigenvalue weighted by atomic mass is 32.1. The minimum Gasteiger partial charge on any atom is -0.478 e. The second kappa shape index (κ2) is 5.10. The Morgan fingerprint density at radius 1 is 1.42 bits per heavy atom. The number of aromatic carboxylic acids is 1. The molecular weight excluding hydrogens is 264 g/mol. The van der Waals surface area contributed by atoms with Crippen LogP contribution in [0.2, 0.25) is 0 Å². The highest BCUT2D eigenvalue weighted by molar-refractivity contribution is 7.18. The number of aromatic nitrogens is 2. The third-order valence-electron chi connectivity index (χ3n) is 3.26. The number of carboxylic acid groups (broad SMARTS) is 1. The van der Waals surface area contributed by atoms with E-state index in [0.29, 0.717) is 11.6 Å². The molecule has 3 rings (SSSR count). The van der Waals surface area contributed by atoms with Gasteiger partial charge in [0.2, 0.25) is 0 Å². The fraction of sp³-hybridized carbons (Fsp3) is 0.417. The molecule has 0 spiro atoms. The molecular formula is C12H14N4O2S. The lowest BCUT2D eigenvalue weighted by atomic mass is 10.1. The van der Waals surface area contributed by atoms with E-state index in [1.54, 1.807) is 5.38 Å². The van der Waals surface area contributed by atoms with Crippen molar-refractivity contribution in [3.63, 3.8) is 0 Å². The molecule has 1 saturated heterocycles. The fourth-order valence-corrected chi connectivity index (χ4v) is 3.21. The Bertz CT molecular complexity index is 607. The van der Waals surface area contributed by atoms with Crippen LogP contribution in [0.5, 0.6) is 0 Å². The van der Waals surface area contributed by atoms with Crippen molar-refractivity contribution in [1.82, 2.24) is 15.3 Å². The number of fused-ring (bicyclic) bond motifs is 1. The maximum Gasteiger partial charge on any atom is 0.338 e. The zero-order valence-electron chi connectivity index (χ0n) is 10.2. The lowest BCUT2D eigenvalue weighted by Crippen LogP contribution is -2.35. The molecule has 3 N–H and O–H groups in total. The van der Waals surface area contributed by atoms with E-state index in [1.165, 1.54) is 17.7 Å². The second-order valence-corrected chi connectivity index (χ2v) is 5.40. The molecule has 0 aromatic carbocycles. The van der Waals surface area contributed by atoms with Crippen LogP contribution >= 0.6 is 11.3 Å². The molecule has 19 heavy (non-hydrogen) atoms. The molecule has 1 fully saturated rings. The van der Waals surface area contributed by atoms with Crippen molar-refractivity contribution in [3.8, 4) is 0 Å². The quantitative estimate of drug-likeness (QED) is 0.789. The van der Waals surface area contributed by atoms with Crippen molar-refractivity contribution in [3.05, 3.63) is 17.3 Å². The lowest BCUT2D eigenvalue weighted by Gasteiger charge is -2.24. The second-order valence-electron chi connectivity index (χ2n) is 4.52. The van der Waals surface area contributed by atoms with E-state index in [9.17, 15) is 4.79 Å². The molecule has 2 aromatic rings. The maximum atomic E-state index is 11.1. The Kier molecular flexibility index (Phi) is 3.31. The Labute approximate surface area is 113 Å². The summed E-state index contributed by atoms with van der Waals surface area (Å²) in [5.74, 6) is -0.202. The van der Waals surface area contributed by atoms with E-state index in [0.717, 1.165) is 36.4 Å². The fourth-order valence-electron chi connectivity index (χ4n) is 2.27. The smallest absolute Gasteiger partial charge is 0.338 e. The molecule has 6 nitrogen and oxygen atoms in total. The average molecular weight is 278 g/mol. The topological polar surface area (TPSA) is 87.1 Å². The molecule has 3 heterocycles. The van der Waals surface area contributed by atoms with E-state index >= 15 is 0 Å². The first-order valence-electron chi connectivity index (χ1n) is 6.18. The van der Waals surface area contributed by atoms with E-state index in [1.807, 2.05) is 0 Å². The van der Waals surface area contributed by atoms with Crippen LogP contribution in [0.4, 0.5) is 5.82 Å². The summed E-state index contributed by atoms with van der Waals surface area (Å²) >= 11 is 1.37. The number of carboxylic acids is 1. The summed E-state index contributed by atoms with van der Waals surface area (Å²) in [4.78, 5) is 19.4. The maximum absolute atomic E-state index is 11.1. The minimum absolute atomic E-state index is 0.246. The summed E-state index contributed by atoms with van der Waals surface area (Å²) in [6, 6.07) is 0.384. The monoisotopic (exact) mass is 278 g/mol. The highest BCUT2D eigenvalue weighted by Gasteiger charge is 2.18. The van der Waals surface area contributed by atoms with Gasteiger partial charge in [-0.3, -0.25) is 0 Å². The molecule has 1 aliphatic heterocycles. The van der Waals surface area contributed by atoms with E-state index in [-0.39, 0.29) is 5.56 Å². The first-order valence-corrected chi connectivity index (χ1v) is 7.06. The minimum atomic E-state index is -0.947. The molecule has 0 bridgehead atoms. The zero-order valence-corrected chi connectivity index (χ0v) is 11.0. The number of thiophene rings is 1. The van der Waals surface area contributed by atoms with Crippen molar-refractivity contribution in [2.45, 2.75) is 18.9 Å². The van der Waals surface area contributed by atoms with E-state index < -0.39 is 5.97 Å². The molecule has 0 radical (unpaired) electrons. The van der Waals surface area contributed by atoms with Gasteiger partial charge in [-0.15, -0.1) is 11.3 Å². The Morgan fingerprint density at radius 3 is 2.95 bits per heavy atom. The Morgan fingerprint density at radius 2 is 2.21 bits per heavy atom. The highest BCUT2D eigenvalue weighted by Crippen LogP contribution is 2.29. The summed E-state index contributed by atoms with van der Waals surface area (Å²) < 4.78 is 0.818. The van der Waals surface area contributed by atoms with Crippen LogP contribution in [0.25, 0.3) is 10.2 Å². The molecule has 2 aromatic heterocycles. The summed E-state index contributed by atoms with van der Waals surface area (Å²) in [5.41, 5.74) is 0.764. The average Bonchev–Trinajstić information content (AvgIpc) is 2.85. The number of hydrogen-bond acceptors (Lipinski definition) is 6. The molecule has 0 unspecified atom stereocenters. The lowest BCUT2D eigenvalue weighted by molar-refractivity contribution is 0.0699. The van der Waals surface area contributed by atoms with Gasteiger partial charge in [-0.25, -0.2) is 14.8 Å². The van der Waals surface area contributed by atoms with Crippen LogP contribution in [-0.2, 0) is 0 Å². The number of hydrogen-bond donors (Lipinski definition) is 3. The number of rotatable bonds is 3. The van der Waals surface area contributed by atoms with Gasteiger partial charge in [0.25, 0.3) is 0 Å². The van der Waals surface area contributed by atoms with Gasteiger partial charge in [-0.2, -0.15) is 0 Å². The van der Waals surface area contributed by atoms with Crippen molar-refractivity contribution >= 4 is 33.3 Å². The van der Waals surface area contributed by atoms with Crippen LogP contribution < -0.4 is 10.6 Å². The molecule has 0 saturated carbocycles. The summed E-state index contributed by atoms with van der Waals surface area (Å²) in [7, 11) is 0. The van der Waals surface area contributed by atoms with Gasteiger partial charge in [0.15, 0.2) is 0 Å². The third kappa shape index (κ3) is 2.39. The van der Waals surface area contributed by atoms with Crippen molar-refractivity contribution in [2.24, 2.45) is 0 Å². The van der Waals surface area contributed by atoms with Gasteiger partial charge < -0.3 is 15.7 Å². The van der Waals surface area contributed by atoms with Gasteiger partial charge in [0.05, 0.1) is 10.3 Å². The summed E-state index contributed by atoms with van der Waals surface area (Å²) in [6.45, 7) is 1.99. The van der Waals surface area contributed by atoms with Crippen molar-refractivity contribution in [1.29, 1.82) is 0 Å². The molecule has 0 atom stereocenters. The number of anilines is 1. The van der Waals surface area contributed by atoms with Crippen LogP contribution in [-0.4, -0.2) is 40.2 Å². The van der Waals surface area contributed by atoms with Gasteiger partial charge in [0, 0.05) is 11.4 Å². The third-order valence-corrected chi connectivity index (χ3v) is 4.24. The van der Waals surface area contributed by atoms with Crippen LogP contribution in [0.1, 0.15) is 23.2 Å². The molecule has 100 valence electrons. The first-order chi connectivity index (χ1) is 9.25. The summed E-state index contributed by atoms with van der Waals surface area (Å²) in [6.07, 6.45) is 3.51. The van der Waals surface area contributed by atoms with E-state index in [2.05, 4.69) is 20.6 Å². The SMILES string of the molecule is O=C(O)c1csc2c(NC3CCNCC3)ncnc12. The van der Waals surface area contributed by atoms with Gasteiger partial charge >= 0.3 is 5.97 Å². The molecule has 0 aliphatic carbocycles. The molecule has 7 heteroatoms. The number of carbonyl (C=O) groups is 1. The summed E-state index contributed by atoms with van der Waals surface area (Å²) in [5, 5.41) is 17.4. The molecule has 1 aliphatic rings. The number of nitrogens with zero attached hydrogens (tertiary/aromatic N) is 2. The van der Waals surface area contributed by atoms with Gasteiger partial charge in [-0.05, 0) is 25.9 Å². The van der Waals surface area contributed by atoms with Gasteiger partial charge in [-0.1, -0.05) is 0 Å². The molecule has 0 amide bonds. The largest absolute Gasteiger partial charge is 0.478 e. The Hall–Kier alpha value is -1.73. The number of piperidine rings is 1. The predicted octanol–water partition coefficient (Wildman–Crippen LogP) is 1.55. The van der Waals surface area contributed by atoms with Crippen molar-refractivity contribution < 1.29 is 9.90 Å². The van der Waals surface area contributed by atoms with Crippen LogP contribution in [0.3, 0.4) is 0 Å². The van der Waals surface area contributed by atoms with Crippen LogP contribution in [0, 0.1) is 0 Å². The standard InChI is InChI=1S/C12H14N4O2S/c17-12(18)8-5-19-10-9(8)14-6-15-11(10)16-7-1-3-13-4-2-7/h5-7,13H,1-4H2,(H,17,18)(H,14,15,16). The van der Waals surface area contributed by atoms with E-state index in [4.69, 9.17) is 5.11 Å². The normalized spacial score (nSPS) is 16.6. The van der Waals surface area contributed by atoms with Crippen LogP contribution in [0.15, 0.2) is 11.7 Å². The number of nitrogens with one attached hydrogen (secondary N) is 2. The zero-order chi connectivity index (χ0) is 13.2. The van der Waals surface area contributed by atoms with Gasteiger partial charge in [0.1, 0.15) is 17.7 Å². The van der Waals surface area contributed by atoms with Crippen molar-refractivity contribution in [2.75, 3.05) is 18.4 Å². The first kappa shape index (κ1) is 12.3. The predicted molar refractivity (Wildman–Crippen MR) is 73.9 cm³/mol.